The fraction of sp³-hybridized carbons (Fsp3) is 0.556. The van der Waals surface area contributed by atoms with Crippen LogP contribution in [0, 0.1) is 5.92 Å². The monoisotopic (exact) mass is 287 g/mol. The molecular formula is C18H25NO2. The van der Waals surface area contributed by atoms with Crippen molar-refractivity contribution in [2.24, 2.45) is 5.92 Å². The summed E-state index contributed by atoms with van der Waals surface area (Å²) in [5.41, 5.74) is 0.846. The van der Waals surface area contributed by atoms with Gasteiger partial charge in [-0.1, -0.05) is 31.9 Å². The third-order valence-electron chi connectivity index (χ3n) is 4.47. The van der Waals surface area contributed by atoms with Crippen molar-refractivity contribution >= 4 is 11.0 Å². The maximum atomic E-state index is 6.03. The maximum absolute atomic E-state index is 6.03. The number of furan rings is 1. The second kappa shape index (κ2) is 6.10. The number of hydrogen-bond acceptors (Lipinski definition) is 3. The van der Waals surface area contributed by atoms with E-state index in [2.05, 4.69) is 31.3 Å². The van der Waals surface area contributed by atoms with Gasteiger partial charge in [-0.15, -0.1) is 0 Å². The predicted molar refractivity (Wildman–Crippen MR) is 85.7 cm³/mol. The maximum Gasteiger partial charge on any atom is 0.176 e. The minimum atomic E-state index is 0.228. The Labute approximate surface area is 126 Å². The molecule has 1 saturated carbocycles. The van der Waals surface area contributed by atoms with E-state index in [1.807, 2.05) is 12.1 Å². The van der Waals surface area contributed by atoms with Crippen molar-refractivity contribution in [1.82, 2.24) is 5.32 Å². The normalized spacial score (nSPS) is 17.9. The Morgan fingerprint density at radius 2 is 2.19 bits per heavy atom. The van der Waals surface area contributed by atoms with Crippen LogP contribution in [0.4, 0.5) is 0 Å². The summed E-state index contributed by atoms with van der Waals surface area (Å²) in [4.78, 5) is 0. The molecule has 1 fully saturated rings. The number of hydrogen-bond donors (Lipinski definition) is 1. The molecule has 2 unspecified atom stereocenters. The molecule has 21 heavy (non-hydrogen) atoms. The van der Waals surface area contributed by atoms with Gasteiger partial charge in [-0.25, -0.2) is 0 Å². The number of methoxy groups -OCH3 is 1. The van der Waals surface area contributed by atoms with Gasteiger partial charge in [0.25, 0.3) is 0 Å². The molecule has 0 spiro atoms. The zero-order chi connectivity index (χ0) is 14.8. The molecule has 0 amide bonds. The van der Waals surface area contributed by atoms with Gasteiger partial charge in [-0.2, -0.15) is 0 Å². The Balaban J connectivity index is 1.75. The Morgan fingerprint density at radius 3 is 2.86 bits per heavy atom. The van der Waals surface area contributed by atoms with Crippen LogP contribution >= 0.6 is 0 Å². The third-order valence-corrected chi connectivity index (χ3v) is 4.47. The Bertz CT molecular complexity index is 600. The minimum absolute atomic E-state index is 0.228. The quantitative estimate of drug-likeness (QED) is 0.803. The van der Waals surface area contributed by atoms with Crippen molar-refractivity contribution in [3.63, 3.8) is 0 Å². The average Bonchev–Trinajstić information content (AvgIpc) is 3.20. The molecule has 3 heteroatoms. The van der Waals surface area contributed by atoms with Crippen molar-refractivity contribution in [1.29, 1.82) is 0 Å². The van der Waals surface area contributed by atoms with Gasteiger partial charge in [0.2, 0.25) is 0 Å². The molecular weight excluding hydrogens is 262 g/mol. The summed E-state index contributed by atoms with van der Waals surface area (Å²) in [6.45, 7) is 4.44. The lowest BCUT2D eigenvalue weighted by Gasteiger charge is -2.20. The van der Waals surface area contributed by atoms with Crippen LogP contribution < -0.4 is 10.1 Å². The van der Waals surface area contributed by atoms with Crippen LogP contribution in [0.2, 0.25) is 0 Å². The zero-order valence-corrected chi connectivity index (χ0v) is 13.2. The molecule has 0 aliphatic heterocycles. The first-order valence-electron chi connectivity index (χ1n) is 8.03. The summed E-state index contributed by atoms with van der Waals surface area (Å²) in [6.07, 6.45) is 5.29. The van der Waals surface area contributed by atoms with Crippen LogP contribution in [0.3, 0.4) is 0 Å². The zero-order valence-electron chi connectivity index (χ0n) is 13.2. The first kappa shape index (κ1) is 14.5. The highest BCUT2D eigenvalue weighted by molar-refractivity contribution is 5.83. The van der Waals surface area contributed by atoms with Gasteiger partial charge >= 0.3 is 0 Å². The van der Waals surface area contributed by atoms with Gasteiger partial charge in [0, 0.05) is 11.4 Å². The van der Waals surface area contributed by atoms with E-state index in [1.165, 1.54) is 25.7 Å². The number of fused-ring (bicyclic) bond motifs is 1. The number of benzene rings is 1. The van der Waals surface area contributed by atoms with E-state index in [-0.39, 0.29) is 6.04 Å². The SMILES string of the molecule is CCC(CC1CC1)NC(C)c1cc2cccc(OC)c2o1. The highest BCUT2D eigenvalue weighted by Gasteiger charge is 2.26. The lowest BCUT2D eigenvalue weighted by atomic mass is 10.1. The number of ether oxygens (including phenoxy) is 1. The molecule has 1 N–H and O–H groups in total. The highest BCUT2D eigenvalue weighted by Crippen LogP contribution is 2.35. The predicted octanol–water partition coefficient (Wildman–Crippen LogP) is 4.67. The van der Waals surface area contributed by atoms with E-state index >= 15 is 0 Å². The van der Waals surface area contributed by atoms with Crippen LogP contribution in [0.1, 0.15) is 51.3 Å². The van der Waals surface area contributed by atoms with Gasteiger partial charge in [-0.3, -0.25) is 0 Å². The van der Waals surface area contributed by atoms with Crippen LogP contribution in [0.5, 0.6) is 5.75 Å². The average molecular weight is 287 g/mol. The second-order valence-corrected chi connectivity index (χ2v) is 6.20. The van der Waals surface area contributed by atoms with Gasteiger partial charge in [0.05, 0.1) is 13.2 Å². The lowest BCUT2D eigenvalue weighted by Crippen LogP contribution is -2.31. The Kier molecular flexibility index (Phi) is 4.20. The first-order valence-corrected chi connectivity index (χ1v) is 8.03. The molecule has 0 bridgehead atoms. The van der Waals surface area contributed by atoms with Crippen molar-refractivity contribution in [3.8, 4) is 5.75 Å². The topological polar surface area (TPSA) is 34.4 Å². The molecule has 1 aliphatic rings. The number of para-hydroxylation sites is 1. The summed E-state index contributed by atoms with van der Waals surface area (Å²) >= 11 is 0. The molecule has 2 aromatic rings. The van der Waals surface area contributed by atoms with E-state index in [1.54, 1.807) is 7.11 Å². The van der Waals surface area contributed by atoms with Gasteiger partial charge in [-0.05, 0) is 37.8 Å². The van der Waals surface area contributed by atoms with E-state index in [0.29, 0.717) is 6.04 Å². The molecule has 1 aromatic carbocycles. The minimum Gasteiger partial charge on any atom is -0.493 e. The third kappa shape index (κ3) is 3.24. The second-order valence-electron chi connectivity index (χ2n) is 6.20. The molecule has 3 nitrogen and oxygen atoms in total. The standard InChI is InChI=1S/C18H25NO2/c1-4-15(10-13-8-9-13)19-12(2)17-11-14-6-5-7-16(20-3)18(14)21-17/h5-7,11-13,15,19H,4,8-10H2,1-3H3. The Morgan fingerprint density at radius 1 is 1.38 bits per heavy atom. The van der Waals surface area contributed by atoms with E-state index in [0.717, 1.165) is 28.4 Å². The molecule has 3 rings (SSSR count). The summed E-state index contributed by atoms with van der Waals surface area (Å²) < 4.78 is 11.4. The van der Waals surface area contributed by atoms with Gasteiger partial charge < -0.3 is 14.5 Å². The van der Waals surface area contributed by atoms with E-state index in [4.69, 9.17) is 9.15 Å². The molecule has 1 aliphatic carbocycles. The summed E-state index contributed by atoms with van der Waals surface area (Å²) in [5, 5.41) is 4.82. The van der Waals surface area contributed by atoms with E-state index < -0.39 is 0 Å². The van der Waals surface area contributed by atoms with Gasteiger partial charge in [0.1, 0.15) is 5.76 Å². The summed E-state index contributed by atoms with van der Waals surface area (Å²) in [7, 11) is 1.68. The highest BCUT2D eigenvalue weighted by atomic mass is 16.5. The van der Waals surface area contributed by atoms with Crippen LogP contribution in [0.25, 0.3) is 11.0 Å². The number of rotatable bonds is 7. The largest absolute Gasteiger partial charge is 0.493 e. The molecule has 114 valence electrons. The van der Waals surface area contributed by atoms with Crippen LogP contribution in [0.15, 0.2) is 28.7 Å². The summed E-state index contributed by atoms with van der Waals surface area (Å²) in [5.74, 6) is 2.74. The lowest BCUT2D eigenvalue weighted by molar-refractivity contribution is 0.362. The van der Waals surface area contributed by atoms with Crippen molar-refractivity contribution in [2.45, 2.75) is 51.6 Å². The summed E-state index contributed by atoms with van der Waals surface area (Å²) in [6, 6.07) is 8.95. The molecule has 0 saturated heterocycles. The molecule has 1 aromatic heterocycles. The van der Waals surface area contributed by atoms with Crippen molar-refractivity contribution in [2.75, 3.05) is 7.11 Å². The molecule has 2 atom stereocenters. The number of nitrogens with one attached hydrogen (secondary N) is 1. The fourth-order valence-corrected chi connectivity index (χ4v) is 2.97. The van der Waals surface area contributed by atoms with E-state index in [9.17, 15) is 0 Å². The molecule has 1 heterocycles. The van der Waals surface area contributed by atoms with Gasteiger partial charge in [0.15, 0.2) is 11.3 Å². The smallest absolute Gasteiger partial charge is 0.176 e. The van der Waals surface area contributed by atoms with Crippen LogP contribution in [-0.4, -0.2) is 13.2 Å². The van der Waals surface area contributed by atoms with Crippen molar-refractivity contribution < 1.29 is 9.15 Å². The Hall–Kier alpha value is -1.48. The van der Waals surface area contributed by atoms with Crippen molar-refractivity contribution in [3.05, 3.63) is 30.0 Å². The fourth-order valence-electron chi connectivity index (χ4n) is 2.97. The molecule has 0 radical (unpaired) electrons. The van der Waals surface area contributed by atoms with Crippen LogP contribution in [-0.2, 0) is 0 Å². The first-order chi connectivity index (χ1) is 10.2.